The fourth-order valence-electron chi connectivity index (χ4n) is 2.50. The maximum atomic E-state index is 12.4. The lowest BCUT2D eigenvalue weighted by Gasteiger charge is -2.25. The first-order valence-corrected chi connectivity index (χ1v) is 8.03. The smallest absolute Gasteiger partial charge is 0.276 e. The first-order chi connectivity index (χ1) is 9.05. The van der Waals surface area contributed by atoms with E-state index in [1.165, 1.54) is 29.3 Å². The third kappa shape index (κ3) is 3.06. The van der Waals surface area contributed by atoms with E-state index in [0.717, 1.165) is 25.7 Å². The predicted octanol–water partition coefficient (Wildman–Crippen LogP) is 2.44. The van der Waals surface area contributed by atoms with Gasteiger partial charge in [-0.3, -0.25) is 4.79 Å². The van der Waals surface area contributed by atoms with Crippen LogP contribution >= 0.6 is 0 Å². The molecule has 1 fully saturated rings. The number of hydrogen-bond acceptors (Lipinski definition) is 4. The Balaban J connectivity index is 2.20. The number of hydrogen-bond donors (Lipinski definition) is 0. The van der Waals surface area contributed by atoms with Crippen molar-refractivity contribution in [2.24, 2.45) is 0 Å². The van der Waals surface area contributed by atoms with Crippen LogP contribution in [0.15, 0.2) is 21.6 Å². The third-order valence-electron chi connectivity index (χ3n) is 3.69. The van der Waals surface area contributed by atoms with Crippen molar-refractivity contribution in [2.45, 2.75) is 49.7 Å². The van der Waals surface area contributed by atoms with Crippen molar-refractivity contribution in [3.05, 3.63) is 17.9 Å². The molecule has 1 aromatic rings. The van der Waals surface area contributed by atoms with E-state index in [0.29, 0.717) is 6.29 Å². The number of nitrogens with zero attached hydrogens (tertiary/aromatic N) is 1. The monoisotopic (exact) mass is 285 g/mol. The SMILES string of the molecule is CN(C1CCCCCC1)S(=O)(=O)c1ccc(C=O)o1. The normalized spacial score (nSPS) is 18.4. The summed E-state index contributed by atoms with van der Waals surface area (Å²) in [6, 6.07) is 2.74. The van der Waals surface area contributed by atoms with Gasteiger partial charge in [0.25, 0.3) is 10.0 Å². The van der Waals surface area contributed by atoms with E-state index < -0.39 is 10.0 Å². The largest absolute Gasteiger partial charge is 0.440 e. The molecule has 0 spiro atoms. The Bertz CT molecular complexity index is 527. The van der Waals surface area contributed by atoms with Crippen molar-refractivity contribution in [1.29, 1.82) is 0 Å². The first kappa shape index (κ1) is 14.3. The highest BCUT2D eigenvalue weighted by molar-refractivity contribution is 7.89. The van der Waals surface area contributed by atoms with Gasteiger partial charge in [0, 0.05) is 13.1 Å². The molecule has 0 amide bonds. The molecule has 6 heteroatoms. The van der Waals surface area contributed by atoms with Crippen molar-refractivity contribution in [2.75, 3.05) is 7.05 Å². The number of rotatable bonds is 4. The molecule has 1 saturated carbocycles. The number of carbonyl (C=O) groups excluding carboxylic acids is 1. The Kier molecular flexibility index (Phi) is 4.42. The van der Waals surface area contributed by atoms with E-state index in [1.54, 1.807) is 7.05 Å². The molecule has 2 rings (SSSR count). The van der Waals surface area contributed by atoms with E-state index in [4.69, 9.17) is 4.42 Å². The van der Waals surface area contributed by atoms with Gasteiger partial charge in [0.2, 0.25) is 5.09 Å². The standard InChI is InChI=1S/C13H19NO4S/c1-14(11-6-4-2-3-5-7-11)19(16,17)13-9-8-12(10-15)18-13/h8-11H,2-7H2,1H3. The van der Waals surface area contributed by atoms with Gasteiger partial charge in [-0.2, -0.15) is 4.31 Å². The molecule has 0 aliphatic heterocycles. The molecule has 0 atom stereocenters. The molecule has 5 nitrogen and oxygen atoms in total. The Morgan fingerprint density at radius 1 is 1.21 bits per heavy atom. The van der Waals surface area contributed by atoms with Crippen LogP contribution in [0, 0.1) is 0 Å². The van der Waals surface area contributed by atoms with E-state index in [-0.39, 0.29) is 16.9 Å². The van der Waals surface area contributed by atoms with E-state index in [9.17, 15) is 13.2 Å². The molecular weight excluding hydrogens is 266 g/mol. The van der Waals surface area contributed by atoms with E-state index in [1.807, 2.05) is 0 Å². The first-order valence-electron chi connectivity index (χ1n) is 6.59. The summed E-state index contributed by atoms with van der Waals surface area (Å²) in [4.78, 5) is 10.6. The van der Waals surface area contributed by atoms with Crippen LogP contribution in [-0.2, 0) is 10.0 Å². The topological polar surface area (TPSA) is 67.6 Å². The summed E-state index contributed by atoms with van der Waals surface area (Å²) >= 11 is 0. The van der Waals surface area contributed by atoms with Crippen molar-refractivity contribution < 1.29 is 17.6 Å². The molecule has 0 aromatic carbocycles. The lowest BCUT2D eigenvalue weighted by atomic mass is 10.1. The van der Waals surface area contributed by atoms with Gasteiger partial charge in [-0.25, -0.2) is 8.42 Å². The molecule has 0 saturated heterocycles. The zero-order valence-corrected chi connectivity index (χ0v) is 11.9. The molecule has 1 aliphatic rings. The van der Waals surface area contributed by atoms with Gasteiger partial charge in [-0.1, -0.05) is 25.7 Å². The molecule has 1 heterocycles. The number of aldehydes is 1. The van der Waals surface area contributed by atoms with E-state index in [2.05, 4.69) is 0 Å². The van der Waals surface area contributed by atoms with Crippen LogP contribution < -0.4 is 0 Å². The van der Waals surface area contributed by atoms with Crippen LogP contribution in [0.3, 0.4) is 0 Å². The molecule has 0 bridgehead atoms. The summed E-state index contributed by atoms with van der Waals surface area (Å²) in [6.07, 6.45) is 6.73. The molecule has 106 valence electrons. The fourth-order valence-corrected chi connectivity index (χ4v) is 3.82. The van der Waals surface area contributed by atoms with Gasteiger partial charge >= 0.3 is 0 Å². The molecule has 0 unspecified atom stereocenters. The molecule has 0 N–H and O–H groups in total. The summed E-state index contributed by atoms with van der Waals surface area (Å²) in [5, 5.41) is -0.152. The number of furan rings is 1. The summed E-state index contributed by atoms with van der Waals surface area (Å²) in [7, 11) is -2.04. The highest BCUT2D eigenvalue weighted by Crippen LogP contribution is 2.26. The van der Waals surface area contributed by atoms with Gasteiger partial charge in [-0.15, -0.1) is 0 Å². The molecule has 19 heavy (non-hydrogen) atoms. The van der Waals surface area contributed by atoms with Crippen LogP contribution in [0.5, 0.6) is 0 Å². The Morgan fingerprint density at radius 3 is 2.37 bits per heavy atom. The summed E-state index contributed by atoms with van der Waals surface area (Å²) < 4.78 is 31.2. The second-order valence-electron chi connectivity index (χ2n) is 4.94. The average Bonchev–Trinajstić information content (AvgIpc) is 2.74. The van der Waals surface area contributed by atoms with Gasteiger partial charge in [0.1, 0.15) is 0 Å². The third-order valence-corrected chi connectivity index (χ3v) is 5.47. The van der Waals surface area contributed by atoms with Crippen LogP contribution in [0.25, 0.3) is 0 Å². The summed E-state index contributed by atoms with van der Waals surface area (Å²) in [6.45, 7) is 0. The Labute approximate surface area is 113 Å². The number of carbonyl (C=O) groups is 1. The maximum absolute atomic E-state index is 12.4. The maximum Gasteiger partial charge on any atom is 0.276 e. The predicted molar refractivity (Wildman–Crippen MR) is 70.5 cm³/mol. The van der Waals surface area contributed by atoms with Crippen molar-refractivity contribution >= 4 is 16.3 Å². The lowest BCUT2D eigenvalue weighted by Crippen LogP contribution is -2.36. The Morgan fingerprint density at radius 2 is 1.84 bits per heavy atom. The van der Waals surface area contributed by atoms with Crippen LogP contribution in [0.4, 0.5) is 0 Å². The zero-order valence-electron chi connectivity index (χ0n) is 11.0. The van der Waals surface area contributed by atoms with Crippen molar-refractivity contribution in [3.63, 3.8) is 0 Å². The molecule has 1 aliphatic carbocycles. The minimum atomic E-state index is -3.64. The second-order valence-corrected chi connectivity index (χ2v) is 6.87. The molecular formula is C13H19NO4S. The van der Waals surface area contributed by atoms with Gasteiger partial charge in [0.05, 0.1) is 0 Å². The molecule has 0 radical (unpaired) electrons. The minimum Gasteiger partial charge on any atom is -0.440 e. The van der Waals surface area contributed by atoms with Gasteiger partial charge in [-0.05, 0) is 25.0 Å². The summed E-state index contributed by atoms with van der Waals surface area (Å²) in [5.41, 5.74) is 0. The van der Waals surface area contributed by atoms with Crippen LogP contribution in [0.1, 0.15) is 49.1 Å². The van der Waals surface area contributed by atoms with Crippen molar-refractivity contribution in [3.8, 4) is 0 Å². The van der Waals surface area contributed by atoms with Crippen LogP contribution in [0.2, 0.25) is 0 Å². The van der Waals surface area contributed by atoms with E-state index >= 15 is 0 Å². The Hall–Kier alpha value is -1.14. The fraction of sp³-hybridized carbons (Fsp3) is 0.615. The highest BCUT2D eigenvalue weighted by Gasteiger charge is 2.30. The summed E-state index contributed by atoms with van der Waals surface area (Å²) in [5.74, 6) is 0.0350. The van der Waals surface area contributed by atoms with Gasteiger partial charge in [0.15, 0.2) is 12.0 Å². The average molecular weight is 285 g/mol. The van der Waals surface area contributed by atoms with Crippen molar-refractivity contribution in [1.82, 2.24) is 4.31 Å². The number of sulfonamides is 1. The van der Waals surface area contributed by atoms with Gasteiger partial charge < -0.3 is 4.42 Å². The highest BCUT2D eigenvalue weighted by atomic mass is 32.2. The molecule has 1 aromatic heterocycles. The zero-order chi connectivity index (χ0) is 13.9. The second kappa shape index (κ2) is 5.88. The van der Waals surface area contributed by atoms with Crippen LogP contribution in [-0.4, -0.2) is 32.1 Å². The minimum absolute atomic E-state index is 0.0253. The quantitative estimate of drug-likeness (QED) is 0.629. The lowest BCUT2D eigenvalue weighted by molar-refractivity contribution is 0.109.